The van der Waals surface area contributed by atoms with E-state index in [9.17, 15) is 13.2 Å². The fourth-order valence-corrected chi connectivity index (χ4v) is 4.39. The normalized spacial score (nSPS) is 13.2. The summed E-state index contributed by atoms with van der Waals surface area (Å²) in [6.45, 7) is 1.63. The van der Waals surface area contributed by atoms with Gasteiger partial charge in [0.2, 0.25) is 5.95 Å². The van der Waals surface area contributed by atoms with E-state index in [1.54, 1.807) is 25.3 Å². The Morgan fingerprint density at radius 3 is 2.64 bits per heavy atom. The van der Waals surface area contributed by atoms with Crippen LogP contribution < -0.4 is 26.4 Å². The Labute approximate surface area is 190 Å². The second-order valence-corrected chi connectivity index (χ2v) is 9.45. The highest BCUT2D eigenvalue weighted by Gasteiger charge is 2.20. The second-order valence-electron chi connectivity index (χ2n) is 7.46. The molecule has 3 aromatic rings. The van der Waals surface area contributed by atoms with E-state index in [1.807, 2.05) is 12.1 Å². The van der Waals surface area contributed by atoms with Crippen molar-refractivity contribution in [2.24, 2.45) is 5.73 Å². The van der Waals surface area contributed by atoms with Crippen LogP contribution in [0.3, 0.4) is 0 Å². The molecule has 12 heteroatoms. The van der Waals surface area contributed by atoms with Crippen molar-refractivity contribution in [3.8, 4) is 5.75 Å². The number of carbonyl (C=O) groups excluding carboxylic acids is 1. The number of aromatic nitrogens is 3. The molecule has 0 spiro atoms. The monoisotopic (exact) mass is 469 g/mol. The minimum atomic E-state index is -3.54. The molecular weight excluding hydrogens is 446 g/mol. The van der Waals surface area contributed by atoms with Crippen LogP contribution >= 0.6 is 0 Å². The minimum Gasteiger partial charge on any atom is -0.495 e. The van der Waals surface area contributed by atoms with Crippen LogP contribution in [0.25, 0.3) is 0 Å². The molecule has 0 radical (unpaired) electrons. The number of primary amides is 1. The molecule has 33 heavy (non-hydrogen) atoms. The Morgan fingerprint density at radius 2 is 1.91 bits per heavy atom. The van der Waals surface area contributed by atoms with Crippen LogP contribution in [0.15, 0.2) is 41.3 Å². The number of sulfone groups is 1. The number of rotatable bonds is 7. The molecule has 2 heterocycles. The van der Waals surface area contributed by atoms with Gasteiger partial charge in [-0.2, -0.15) is 4.98 Å². The summed E-state index contributed by atoms with van der Waals surface area (Å²) in [5.74, 6) is -0.222. The van der Waals surface area contributed by atoms with Crippen LogP contribution in [-0.2, 0) is 22.8 Å². The molecule has 0 atom stereocenters. The molecule has 1 aliphatic heterocycles. The predicted octanol–water partition coefficient (Wildman–Crippen LogP) is 1.52. The van der Waals surface area contributed by atoms with Gasteiger partial charge in [0.25, 0.3) is 5.91 Å². The highest BCUT2D eigenvalue weighted by molar-refractivity contribution is 7.90. The molecule has 0 fully saturated rings. The molecule has 11 nitrogen and oxygen atoms in total. The first-order valence-corrected chi connectivity index (χ1v) is 11.9. The van der Waals surface area contributed by atoms with Crippen molar-refractivity contribution in [3.63, 3.8) is 0 Å². The van der Waals surface area contributed by atoms with E-state index in [0.29, 0.717) is 11.4 Å². The van der Waals surface area contributed by atoms with E-state index in [-0.39, 0.29) is 28.0 Å². The number of amides is 1. The fraction of sp³-hybridized carbons (Fsp3) is 0.238. The van der Waals surface area contributed by atoms with Gasteiger partial charge in [-0.3, -0.25) is 4.79 Å². The molecule has 0 saturated carbocycles. The summed E-state index contributed by atoms with van der Waals surface area (Å²) in [4.78, 5) is 16.3. The number of methoxy groups -OCH3 is 1. The Balaban J connectivity index is 1.72. The highest BCUT2D eigenvalue weighted by Crippen LogP contribution is 2.32. The molecule has 0 bridgehead atoms. The van der Waals surface area contributed by atoms with E-state index in [4.69, 9.17) is 10.5 Å². The van der Waals surface area contributed by atoms with Crippen LogP contribution in [0, 0.1) is 0 Å². The quantitative estimate of drug-likeness (QED) is 0.399. The number of nitrogens with one attached hydrogen (secondary N) is 3. The molecule has 1 aliphatic rings. The van der Waals surface area contributed by atoms with Crippen molar-refractivity contribution < 1.29 is 17.9 Å². The molecular formula is C21H23N7O4S. The summed E-state index contributed by atoms with van der Waals surface area (Å²) < 4.78 is 29.8. The van der Waals surface area contributed by atoms with Gasteiger partial charge >= 0.3 is 0 Å². The minimum absolute atomic E-state index is 0.0303. The van der Waals surface area contributed by atoms with E-state index in [0.717, 1.165) is 31.3 Å². The van der Waals surface area contributed by atoms with Gasteiger partial charge in [0.15, 0.2) is 21.3 Å². The zero-order valence-corrected chi connectivity index (χ0v) is 18.9. The molecule has 0 saturated heterocycles. The number of anilines is 4. The molecule has 1 aromatic heterocycles. The van der Waals surface area contributed by atoms with Crippen molar-refractivity contribution in [1.82, 2.24) is 20.5 Å². The Kier molecular flexibility index (Phi) is 6.11. The van der Waals surface area contributed by atoms with E-state index >= 15 is 0 Å². The third-order valence-electron chi connectivity index (χ3n) is 5.11. The maximum absolute atomic E-state index is 12.1. The summed E-state index contributed by atoms with van der Waals surface area (Å²) in [7, 11) is -1.98. The zero-order valence-electron chi connectivity index (χ0n) is 18.0. The summed E-state index contributed by atoms with van der Waals surface area (Å²) in [5, 5.41) is 17.1. The van der Waals surface area contributed by atoms with E-state index in [1.165, 1.54) is 11.6 Å². The van der Waals surface area contributed by atoms with Crippen LogP contribution in [0.5, 0.6) is 5.75 Å². The Bertz CT molecular complexity index is 1330. The van der Waals surface area contributed by atoms with Crippen molar-refractivity contribution in [2.45, 2.75) is 17.9 Å². The predicted molar refractivity (Wildman–Crippen MR) is 123 cm³/mol. The maximum atomic E-state index is 12.1. The number of fused-ring (bicyclic) bond motifs is 1. The number of nitrogens with zero attached hydrogens (tertiary/aromatic N) is 3. The van der Waals surface area contributed by atoms with Crippen LogP contribution in [0.2, 0.25) is 0 Å². The van der Waals surface area contributed by atoms with Gasteiger partial charge in [0.05, 0.1) is 23.4 Å². The summed E-state index contributed by atoms with van der Waals surface area (Å²) in [5.41, 5.74) is 8.38. The van der Waals surface area contributed by atoms with Crippen LogP contribution in [0.1, 0.15) is 21.6 Å². The van der Waals surface area contributed by atoms with Crippen molar-refractivity contribution in [1.29, 1.82) is 0 Å². The topological polar surface area (TPSA) is 161 Å². The zero-order chi connectivity index (χ0) is 23.6. The first kappa shape index (κ1) is 22.4. The van der Waals surface area contributed by atoms with Gasteiger partial charge in [-0.05, 0) is 48.4 Å². The lowest BCUT2D eigenvalue weighted by molar-refractivity contribution is 0.0995. The second kappa shape index (κ2) is 9.00. The van der Waals surface area contributed by atoms with Gasteiger partial charge in [0.1, 0.15) is 5.75 Å². The molecule has 0 aliphatic carbocycles. The smallest absolute Gasteiger partial charge is 0.273 e. The molecule has 1 amide bonds. The maximum Gasteiger partial charge on any atom is 0.273 e. The van der Waals surface area contributed by atoms with Crippen molar-refractivity contribution >= 4 is 38.9 Å². The van der Waals surface area contributed by atoms with Crippen molar-refractivity contribution in [3.05, 3.63) is 53.2 Å². The Hall–Kier alpha value is -3.77. The third-order valence-corrected chi connectivity index (χ3v) is 6.27. The summed E-state index contributed by atoms with van der Waals surface area (Å²) in [6, 6.07) is 10.2. The van der Waals surface area contributed by atoms with Gasteiger partial charge in [0, 0.05) is 12.8 Å². The molecule has 5 N–H and O–H groups in total. The summed E-state index contributed by atoms with van der Waals surface area (Å²) in [6.07, 6.45) is 1.95. The van der Waals surface area contributed by atoms with Crippen LogP contribution in [-0.4, -0.2) is 49.4 Å². The first-order valence-electron chi connectivity index (χ1n) is 10.0. The number of nitrogens with two attached hydrogens (primary N) is 1. The van der Waals surface area contributed by atoms with E-state index in [2.05, 4.69) is 31.1 Å². The number of hydrogen-bond donors (Lipinski definition) is 4. The lowest BCUT2D eigenvalue weighted by Crippen LogP contribution is -2.23. The molecule has 0 unspecified atom stereocenters. The standard InChI is InChI=1S/C21H23N7O4S/c1-32-16-10-13-11-23-8-7-12(13)9-15(16)25-21-26-20(18(19(22)29)27-28-21)24-14-5-3-4-6-17(14)33(2,30)31/h3-6,9-10,23H,7-8,11H2,1-2H3,(H2,22,29)(H2,24,25,26,28). The fourth-order valence-electron chi connectivity index (χ4n) is 3.55. The van der Waals surface area contributed by atoms with E-state index < -0.39 is 15.7 Å². The highest BCUT2D eigenvalue weighted by atomic mass is 32.2. The molecule has 4 rings (SSSR count). The Morgan fingerprint density at radius 1 is 1.12 bits per heavy atom. The lowest BCUT2D eigenvalue weighted by Gasteiger charge is -2.20. The molecule has 2 aromatic carbocycles. The average Bonchev–Trinajstić information content (AvgIpc) is 2.78. The van der Waals surface area contributed by atoms with Gasteiger partial charge in [-0.25, -0.2) is 8.42 Å². The number of carbonyl (C=O) groups is 1. The first-order chi connectivity index (χ1) is 15.8. The average molecular weight is 470 g/mol. The third kappa shape index (κ3) is 4.86. The SMILES string of the molecule is COc1cc2c(cc1Nc1nnc(C(N)=O)c(Nc3ccccc3S(C)(=O)=O)n1)CCNC2. The summed E-state index contributed by atoms with van der Waals surface area (Å²) >= 11 is 0. The number of para-hydroxylation sites is 1. The van der Waals surface area contributed by atoms with Crippen molar-refractivity contribution in [2.75, 3.05) is 30.5 Å². The lowest BCUT2D eigenvalue weighted by atomic mass is 10.00. The number of hydrogen-bond acceptors (Lipinski definition) is 10. The molecule has 172 valence electrons. The van der Waals surface area contributed by atoms with Gasteiger partial charge in [-0.1, -0.05) is 12.1 Å². The number of ether oxygens (including phenoxy) is 1. The van der Waals surface area contributed by atoms with Gasteiger partial charge < -0.3 is 26.4 Å². The largest absolute Gasteiger partial charge is 0.495 e. The number of benzene rings is 2. The van der Waals surface area contributed by atoms with Crippen LogP contribution in [0.4, 0.5) is 23.1 Å². The van der Waals surface area contributed by atoms with Gasteiger partial charge in [-0.15, -0.1) is 10.2 Å².